The monoisotopic (exact) mass is 310 g/mol. The molecule has 0 saturated heterocycles. The lowest BCUT2D eigenvalue weighted by atomic mass is 10.1. The number of hydrogen-bond acceptors (Lipinski definition) is 3. The van der Waals surface area contributed by atoms with E-state index < -0.39 is 0 Å². The van der Waals surface area contributed by atoms with Crippen molar-refractivity contribution in [1.82, 2.24) is 10.2 Å². The van der Waals surface area contributed by atoms with Gasteiger partial charge in [0.15, 0.2) is 16.6 Å². The Kier molecular flexibility index (Phi) is 7.90. The standard InChI is InChI=1S/C16H26N2O2S/c1-5-6-11-18(2)16(21)17-10-9-13-7-8-14(19-3)15(12-13)20-4/h7-8,12H,5-6,9-11H2,1-4H3,(H,17,21). The zero-order chi connectivity index (χ0) is 15.7. The number of thiocarbonyl (C=S) groups is 1. The van der Waals surface area contributed by atoms with Crippen LogP contribution in [0.4, 0.5) is 0 Å². The summed E-state index contributed by atoms with van der Waals surface area (Å²) in [7, 11) is 5.32. The first-order chi connectivity index (χ1) is 10.1. The highest BCUT2D eigenvalue weighted by molar-refractivity contribution is 7.80. The number of unbranched alkanes of at least 4 members (excludes halogenated alkanes) is 1. The van der Waals surface area contributed by atoms with Crippen LogP contribution in [0.3, 0.4) is 0 Å². The maximum absolute atomic E-state index is 5.36. The quantitative estimate of drug-likeness (QED) is 0.747. The molecule has 0 spiro atoms. The predicted octanol–water partition coefficient (Wildman–Crippen LogP) is 2.85. The molecule has 0 fully saturated rings. The summed E-state index contributed by atoms with van der Waals surface area (Å²) in [6.07, 6.45) is 3.23. The molecular formula is C16H26N2O2S. The van der Waals surface area contributed by atoms with Crippen molar-refractivity contribution in [2.75, 3.05) is 34.4 Å². The van der Waals surface area contributed by atoms with Crippen LogP contribution < -0.4 is 14.8 Å². The fourth-order valence-corrected chi connectivity index (χ4v) is 2.18. The van der Waals surface area contributed by atoms with Gasteiger partial charge in [-0.25, -0.2) is 0 Å². The zero-order valence-electron chi connectivity index (χ0n) is 13.4. The molecule has 0 bridgehead atoms. The Morgan fingerprint density at radius 1 is 1.24 bits per heavy atom. The fraction of sp³-hybridized carbons (Fsp3) is 0.562. The van der Waals surface area contributed by atoms with Gasteiger partial charge in [-0.2, -0.15) is 0 Å². The third-order valence-corrected chi connectivity index (χ3v) is 3.79. The van der Waals surface area contributed by atoms with Crippen LogP contribution in [0.25, 0.3) is 0 Å². The van der Waals surface area contributed by atoms with Crippen molar-refractivity contribution in [3.8, 4) is 11.5 Å². The van der Waals surface area contributed by atoms with Crippen molar-refractivity contribution in [2.45, 2.75) is 26.2 Å². The van der Waals surface area contributed by atoms with E-state index in [4.69, 9.17) is 21.7 Å². The summed E-state index contributed by atoms with van der Waals surface area (Å²) >= 11 is 5.36. The number of benzene rings is 1. The largest absolute Gasteiger partial charge is 0.493 e. The van der Waals surface area contributed by atoms with E-state index in [0.717, 1.165) is 42.5 Å². The van der Waals surface area contributed by atoms with Crippen LogP contribution >= 0.6 is 12.2 Å². The van der Waals surface area contributed by atoms with Gasteiger partial charge in [-0.05, 0) is 42.8 Å². The number of ether oxygens (including phenoxy) is 2. The molecule has 1 aromatic carbocycles. The molecule has 0 atom stereocenters. The number of methoxy groups -OCH3 is 2. The molecule has 0 saturated carbocycles. The molecule has 0 heterocycles. The summed E-state index contributed by atoms with van der Waals surface area (Å²) in [6.45, 7) is 3.99. The van der Waals surface area contributed by atoms with Gasteiger partial charge in [0.05, 0.1) is 14.2 Å². The predicted molar refractivity (Wildman–Crippen MR) is 91.4 cm³/mol. The molecule has 21 heavy (non-hydrogen) atoms. The van der Waals surface area contributed by atoms with Gasteiger partial charge in [-0.1, -0.05) is 19.4 Å². The maximum atomic E-state index is 5.36. The van der Waals surface area contributed by atoms with E-state index in [9.17, 15) is 0 Å². The Labute approximate surface area is 133 Å². The average molecular weight is 310 g/mol. The number of nitrogens with one attached hydrogen (secondary N) is 1. The van der Waals surface area contributed by atoms with E-state index in [2.05, 4.69) is 17.1 Å². The van der Waals surface area contributed by atoms with Crippen molar-refractivity contribution in [3.63, 3.8) is 0 Å². The van der Waals surface area contributed by atoms with Crippen LogP contribution in [0.2, 0.25) is 0 Å². The Morgan fingerprint density at radius 3 is 2.57 bits per heavy atom. The Morgan fingerprint density at radius 2 is 1.95 bits per heavy atom. The summed E-state index contributed by atoms with van der Waals surface area (Å²) in [4.78, 5) is 2.09. The summed E-state index contributed by atoms with van der Waals surface area (Å²) < 4.78 is 10.5. The van der Waals surface area contributed by atoms with Crippen molar-refractivity contribution in [3.05, 3.63) is 23.8 Å². The zero-order valence-corrected chi connectivity index (χ0v) is 14.3. The second-order valence-corrected chi connectivity index (χ2v) is 5.33. The van der Waals surface area contributed by atoms with Gasteiger partial charge >= 0.3 is 0 Å². The van der Waals surface area contributed by atoms with Crippen LogP contribution in [-0.4, -0.2) is 44.4 Å². The summed E-state index contributed by atoms with van der Waals surface area (Å²) in [5.41, 5.74) is 1.19. The molecule has 4 nitrogen and oxygen atoms in total. The molecule has 1 rings (SSSR count). The molecule has 0 radical (unpaired) electrons. The number of hydrogen-bond donors (Lipinski definition) is 1. The number of rotatable bonds is 8. The normalized spacial score (nSPS) is 10.1. The average Bonchev–Trinajstić information content (AvgIpc) is 2.52. The van der Waals surface area contributed by atoms with Crippen molar-refractivity contribution >= 4 is 17.3 Å². The minimum Gasteiger partial charge on any atom is -0.493 e. The highest BCUT2D eigenvalue weighted by Crippen LogP contribution is 2.27. The summed E-state index contributed by atoms with van der Waals surface area (Å²) in [6, 6.07) is 5.98. The minimum atomic E-state index is 0.754. The van der Waals surface area contributed by atoms with Crippen molar-refractivity contribution < 1.29 is 9.47 Å². The molecule has 0 unspecified atom stereocenters. The van der Waals surface area contributed by atoms with E-state index in [1.54, 1.807) is 14.2 Å². The molecule has 0 amide bonds. The third-order valence-electron chi connectivity index (χ3n) is 3.33. The Balaban J connectivity index is 2.43. The van der Waals surface area contributed by atoms with Crippen LogP contribution in [0.1, 0.15) is 25.3 Å². The molecule has 118 valence electrons. The Hall–Kier alpha value is -1.49. The first-order valence-electron chi connectivity index (χ1n) is 7.32. The first kappa shape index (κ1) is 17.6. The lowest BCUT2D eigenvalue weighted by Crippen LogP contribution is -2.38. The van der Waals surface area contributed by atoms with E-state index in [1.165, 1.54) is 12.0 Å². The SMILES string of the molecule is CCCCN(C)C(=S)NCCc1ccc(OC)c(OC)c1. The summed E-state index contributed by atoms with van der Waals surface area (Å²) in [5, 5.41) is 4.10. The lowest BCUT2D eigenvalue weighted by molar-refractivity contribution is 0.354. The van der Waals surface area contributed by atoms with E-state index in [1.807, 2.05) is 25.2 Å². The molecule has 5 heteroatoms. The van der Waals surface area contributed by atoms with E-state index in [-0.39, 0.29) is 0 Å². The minimum absolute atomic E-state index is 0.754. The summed E-state index contributed by atoms with van der Waals surface area (Å²) in [5.74, 6) is 1.52. The van der Waals surface area contributed by atoms with E-state index >= 15 is 0 Å². The molecule has 0 aromatic heterocycles. The first-order valence-corrected chi connectivity index (χ1v) is 7.73. The smallest absolute Gasteiger partial charge is 0.168 e. The molecule has 1 aromatic rings. The van der Waals surface area contributed by atoms with Crippen LogP contribution in [-0.2, 0) is 6.42 Å². The molecule has 0 aliphatic heterocycles. The molecule has 0 aliphatic rings. The second-order valence-electron chi connectivity index (χ2n) is 4.95. The van der Waals surface area contributed by atoms with E-state index in [0.29, 0.717) is 0 Å². The van der Waals surface area contributed by atoms with Gasteiger partial charge in [0.1, 0.15) is 0 Å². The van der Waals surface area contributed by atoms with Gasteiger partial charge in [-0.3, -0.25) is 0 Å². The molecular weight excluding hydrogens is 284 g/mol. The number of nitrogens with zero attached hydrogens (tertiary/aromatic N) is 1. The maximum Gasteiger partial charge on any atom is 0.168 e. The van der Waals surface area contributed by atoms with Crippen LogP contribution in [0, 0.1) is 0 Å². The molecule has 1 N–H and O–H groups in total. The van der Waals surface area contributed by atoms with Crippen LogP contribution in [0.5, 0.6) is 11.5 Å². The van der Waals surface area contributed by atoms with Gasteiger partial charge in [0.25, 0.3) is 0 Å². The van der Waals surface area contributed by atoms with Gasteiger partial charge in [0, 0.05) is 20.1 Å². The third kappa shape index (κ3) is 5.79. The van der Waals surface area contributed by atoms with Gasteiger partial charge in [0.2, 0.25) is 0 Å². The highest BCUT2D eigenvalue weighted by Gasteiger charge is 2.06. The Bertz CT molecular complexity index is 452. The fourth-order valence-electron chi connectivity index (χ4n) is 1.98. The lowest BCUT2D eigenvalue weighted by Gasteiger charge is -2.20. The highest BCUT2D eigenvalue weighted by atomic mass is 32.1. The van der Waals surface area contributed by atoms with Crippen LogP contribution in [0.15, 0.2) is 18.2 Å². The molecule has 0 aliphatic carbocycles. The van der Waals surface area contributed by atoms with Gasteiger partial charge < -0.3 is 19.7 Å². The topological polar surface area (TPSA) is 33.7 Å². The van der Waals surface area contributed by atoms with Gasteiger partial charge in [-0.15, -0.1) is 0 Å². The second kappa shape index (κ2) is 9.45. The van der Waals surface area contributed by atoms with Crippen molar-refractivity contribution in [2.24, 2.45) is 0 Å². The van der Waals surface area contributed by atoms with Crippen molar-refractivity contribution in [1.29, 1.82) is 0 Å².